The summed E-state index contributed by atoms with van der Waals surface area (Å²) in [5.74, 6) is 4.33. The van der Waals surface area contributed by atoms with Crippen molar-refractivity contribution in [2.24, 2.45) is 0 Å². The average molecular weight is 529 g/mol. The van der Waals surface area contributed by atoms with Gasteiger partial charge < -0.3 is 19.1 Å². The molecule has 0 spiro atoms. The van der Waals surface area contributed by atoms with E-state index in [1.54, 1.807) is 26.0 Å². The summed E-state index contributed by atoms with van der Waals surface area (Å²) < 4.78 is 20.2. The standard InChI is InChI=1S/C26H29ClN4O4S/c1-15(2)25-28-29-26-21(13-22(32)30-10-11-36-14-30)35-23(17-6-5-7-20(33-3)24(17)34-4)18-12-16(27)8-9-19(18)31(25)26/h5-9,12,15,21,23H,10-11,13-14H2,1-4H3. The molecule has 2 aliphatic rings. The topological polar surface area (TPSA) is 78.7 Å². The molecule has 2 unspecified atom stereocenters. The van der Waals surface area contributed by atoms with Gasteiger partial charge in [-0.3, -0.25) is 9.36 Å². The van der Waals surface area contributed by atoms with E-state index in [4.69, 9.17) is 25.8 Å². The molecule has 5 rings (SSSR count). The Hall–Kier alpha value is -2.75. The number of benzene rings is 2. The van der Waals surface area contributed by atoms with Gasteiger partial charge in [-0.2, -0.15) is 0 Å². The number of nitrogens with zero attached hydrogens (tertiary/aromatic N) is 4. The molecule has 190 valence electrons. The number of rotatable bonds is 6. The van der Waals surface area contributed by atoms with Crippen LogP contribution < -0.4 is 9.47 Å². The first kappa shape index (κ1) is 24.9. The molecular formula is C26H29ClN4O4S. The molecule has 3 heterocycles. The van der Waals surface area contributed by atoms with Crippen molar-refractivity contribution in [3.63, 3.8) is 0 Å². The summed E-state index contributed by atoms with van der Waals surface area (Å²) in [5.41, 5.74) is 2.48. The summed E-state index contributed by atoms with van der Waals surface area (Å²) in [6, 6.07) is 11.4. The van der Waals surface area contributed by atoms with Gasteiger partial charge in [-0.05, 0) is 24.3 Å². The summed E-state index contributed by atoms with van der Waals surface area (Å²) in [5, 5.41) is 9.63. The highest BCUT2D eigenvalue weighted by Crippen LogP contribution is 2.46. The Kier molecular flexibility index (Phi) is 7.14. The Balaban J connectivity index is 1.70. The monoisotopic (exact) mass is 528 g/mol. The molecule has 0 saturated carbocycles. The predicted octanol–water partition coefficient (Wildman–Crippen LogP) is 5.15. The lowest BCUT2D eigenvalue weighted by Crippen LogP contribution is -2.30. The van der Waals surface area contributed by atoms with Gasteiger partial charge in [0.05, 0.1) is 32.2 Å². The normalized spacial score (nSPS) is 19.1. The zero-order valence-corrected chi connectivity index (χ0v) is 22.3. The molecule has 8 nitrogen and oxygen atoms in total. The maximum Gasteiger partial charge on any atom is 0.226 e. The van der Waals surface area contributed by atoms with Crippen molar-refractivity contribution in [2.75, 3.05) is 32.4 Å². The number of ether oxygens (including phenoxy) is 3. The lowest BCUT2D eigenvalue weighted by molar-refractivity contribution is -0.134. The zero-order valence-electron chi connectivity index (χ0n) is 20.7. The molecule has 1 fully saturated rings. The number of para-hydroxylation sites is 1. The summed E-state index contributed by atoms with van der Waals surface area (Å²) in [7, 11) is 3.21. The third-order valence-electron chi connectivity index (χ3n) is 6.51. The summed E-state index contributed by atoms with van der Waals surface area (Å²) >= 11 is 8.26. The van der Waals surface area contributed by atoms with Gasteiger partial charge in [-0.25, -0.2) is 0 Å². The molecule has 0 radical (unpaired) electrons. The van der Waals surface area contributed by atoms with E-state index in [9.17, 15) is 4.79 Å². The molecular weight excluding hydrogens is 500 g/mol. The zero-order chi connectivity index (χ0) is 25.4. The molecule has 36 heavy (non-hydrogen) atoms. The molecule has 0 aliphatic carbocycles. The third kappa shape index (κ3) is 4.44. The number of halogens is 1. The number of carbonyl (C=O) groups is 1. The lowest BCUT2D eigenvalue weighted by Gasteiger charge is -2.25. The van der Waals surface area contributed by atoms with Gasteiger partial charge in [-0.15, -0.1) is 22.0 Å². The van der Waals surface area contributed by atoms with Crippen molar-refractivity contribution in [3.05, 3.63) is 64.2 Å². The predicted molar refractivity (Wildman–Crippen MR) is 139 cm³/mol. The fourth-order valence-corrected chi connectivity index (χ4v) is 5.93. The smallest absolute Gasteiger partial charge is 0.226 e. The van der Waals surface area contributed by atoms with Crippen LogP contribution in [0.1, 0.15) is 61.2 Å². The van der Waals surface area contributed by atoms with E-state index in [0.717, 1.165) is 34.9 Å². The van der Waals surface area contributed by atoms with Gasteiger partial charge in [0, 0.05) is 34.4 Å². The number of aromatic nitrogens is 3. The molecule has 2 aromatic carbocycles. The van der Waals surface area contributed by atoms with Crippen molar-refractivity contribution in [1.82, 2.24) is 19.7 Å². The second kappa shape index (κ2) is 10.3. The van der Waals surface area contributed by atoms with Crippen LogP contribution in [0.5, 0.6) is 11.5 Å². The van der Waals surface area contributed by atoms with Crippen molar-refractivity contribution < 1.29 is 19.0 Å². The van der Waals surface area contributed by atoms with Crippen molar-refractivity contribution in [3.8, 4) is 17.2 Å². The van der Waals surface area contributed by atoms with Crippen LogP contribution in [-0.4, -0.2) is 58.0 Å². The minimum atomic E-state index is -0.629. The van der Waals surface area contributed by atoms with E-state index in [0.29, 0.717) is 28.2 Å². The van der Waals surface area contributed by atoms with Crippen molar-refractivity contribution in [2.45, 2.75) is 38.4 Å². The van der Waals surface area contributed by atoms with Crippen LogP contribution in [0.15, 0.2) is 36.4 Å². The first-order valence-electron chi connectivity index (χ1n) is 11.9. The maximum atomic E-state index is 13.3. The molecule has 1 amide bonds. The number of hydrogen-bond acceptors (Lipinski definition) is 7. The van der Waals surface area contributed by atoms with Crippen molar-refractivity contribution >= 4 is 29.3 Å². The van der Waals surface area contributed by atoms with E-state index in [1.807, 2.05) is 45.9 Å². The van der Waals surface area contributed by atoms with E-state index in [2.05, 4.69) is 24.0 Å². The Morgan fingerprint density at radius 2 is 2.03 bits per heavy atom. The Morgan fingerprint density at radius 1 is 1.19 bits per heavy atom. The van der Waals surface area contributed by atoms with Crippen LogP contribution in [0, 0.1) is 0 Å². The van der Waals surface area contributed by atoms with Gasteiger partial charge in [0.25, 0.3) is 0 Å². The van der Waals surface area contributed by atoms with E-state index in [1.165, 1.54) is 0 Å². The van der Waals surface area contributed by atoms with E-state index < -0.39 is 12.2 Å². The van der Waals surface area contributed by atoms with Crippen LogP contribution in [0.3, 0.4) is 0 Å². The fourth-order valence-electron chi connectivity index (χ4n) is 4.77. The first-order valence-corrected chi connectivity index (χ1v) is 13.4. The number of methoxy groups -OCH3 is 2. The number of hydrogen-bond donors (Lipinski definition) is 0. The van der Waals surface area contributed by atoms with Gasteiger partial charge in [0.2, 0.25) is 5.91 Å². The molecule has 0 bridgehead atoms. The molecule has 2 atom stereocenters. The highest BCUT2D eigenvalue weighted by Gasteiger charge is 2.37. The summed E-state index contributed by atoms with van der Waals surface area (Å²) in [6.45, 7) is 4.88. The van der Waals surface area contributed by atoms with Crippen LogP contribution in [-0.2, 0) is 9.53 Å². The lowest BCUT2D eigenvalue weighted by atomic mass is 9.98. The number of amides is 1. The molecule has 3 aromatic rings. The largest absolute Gasteiger partial charge is 0.493 e. The van der Waals surface area contributed by atoms with E-state index in [-0.39, 0.29) is 18.2 Å². The van der Waals surface area contributed by atoms with E-state index >= 15 is 0 Å². The van der Waals surface area contributed by atoms with Crippen LogP contribution in [0.2, 0.25) is 5.02 Å². The second-order valence-electron chi connectivity index (χ2n) is 9.10. The average Bonchev–Trinajstić information content (AvgIpc) is 3.55. The summed E-state index contributed by atoms with van der Waals surface area (Å²) in [6.07, 6.45) is -1.06. The Labute approximate surface area is 219 Å². The summed E-state index contributed by atoms with van der Waals surface area (Å²) in [4.78, 5) is 15.1. The molecule has 1 aromatic heterocycles. The van der Waals surface area contributed by atoms with Gasteiger partial charge in [0.15, 0.2) is 17.3 Å². The third-order valence-corrected chi connectivity index (χ3v) is 7.71. The number of carbonyl (C=O) groups excluding carboxylic acids is 1. The number of thioether (sulfide) groups is 1. The first-order chi connectivity index (χ1) is 17.4. The molecule has 2 aliphatic heterocycles. The van der Waals surface area contributed by atoms with Crippen LogP contribution >= 0.6 is 23.4 Å². The van der Waals surface area contributed by atoms with Crippen LogP contribution in [0.25, 0.3) is 5.69 Å². The van der Waals surface area contributed by atoms with Gasteiger partial charge in [-0.1, -0.05) is 37.6 Å². The maximum absolute atomic E-state index is 13.3. The highest BCUT2D eigenvalue weighted by molar-refractivity contribution is 7.99. The van der Waals surface area contributed by atoms with Gasteiger partial charge in [0.1, 0.15) is 18.0 Å². The Morgan fingerprint density at radius 3 is 2.72 bits per heavy atom. The van der Waals surface area contributed by atoms with Crippen molar-refractivity contribution in [1.29, 1.82) is 0 Å². The quantitative estimate of drug-likeness (QED) is 0.438. The van der Waals surface area contributed by atoms with Gasteiger partial charge >= 0.3 is 0 Å². The minimum Gasteiger partial charge on any atom is -0.493 e. The van der Waals surface area contributed by atoms with Crippen LogP contribution in [0.4, 0.5) is 0 Å². The Bertz CT molecular complexity index is 1270. The molecule has 0 N–H and O–H groups in total. The second-order valence-corrected chi connectivity index (χ2v) is 10.6. The molecule has 10 heteroatoms. The minimum absolute atomic E-state index is 0.0333. The fraction of sp³-hybridized carbons (Fsp3) is 0.423. The molecule has 1 saturated heterocycles. The SMILES string of the molecule is COc1cccc(C2OC(CC(=O)N3CCSC3)c3nnc(C(C)C)n3-c3ccc(Cl)cc32)c1OC. The highest BCUT2D eigenvalue weighted by atomic mass is 35.5. The number of fused-ring (bicyclic) bond motifs is 3.